The van der Waals surface area contributed by atoms with Gasteiger partial charge in [-0.25, -0.2) is 4.98 Å². The maximum Gasteiger partial charge on any atom is 0.270 e. The molecule has 1 N–H and O–H groups in total. The van der Waals surface area contributed by atoms with Crippen molar-refractivity contribution in [3.63, 3.8) is 0 Å². The number of benzene rings is 1. The number of hydrogen-bond donors (Lipinski definition) is 1. The molecule has 1 heterocycles. The number of non-ortho nitro benzene ring substituents is 1. The van der Waals surface area contributed by atoms with E-state index in [9.17, 15) is 10.1 Å². The van der Waals surface area contributed by atoms with Crippen molar-refractivity contribution >= 4 is 29.1 Å². The molecule has 0 radical (unpaired) electrons. The van der Waals surface area contributed by atoms with E-state index in [1.807, 2.05) is 0 Å². The molecule has 0 saturated carbocycles. The van der Waals surface area contributed by atoms with Crippen LogP contribution in [0.2, 0.25) is 5.02 Å². The highest BCUT2D eigenvalue weighted by atomic mass is 35.5. The largest absolute Gasteiger partial charge is 0.390 e. The predicted molar refractivity (Wildman–Crippen MR) is 71.4 cm³/mol. The predicted octanol–water partition coefficient (Wildman–Crippen LogP) is 2.63. The first-order valence-electron chi connectivity index (χ1n) is 5.26. The van der Waals surface area contributed by atoms with Crippen LogP contribution in [0.4, 0.5) is 5.69 Å². The highest BCUT2D eigenvalue weighted by molar-refractivity contribution is 7.99. The number of aromatic nitrogens is 2. The van der Waals surface area contributed by atoms with Gasteiger partial charge in [0, 0.05) is 24.1 Å². The molecule has 0 saturated heterocycles. The molecule has 0 aliphatic heterocycles. The van der Waals surface area contributed by atoms with E-state index in [-0.39, 0.29) is 12.3 Å². The third kappa shape index (κ3) is 2.89. The van der Waals surface area contributed by atoms with E-state index in [0.717, 1.165) is 0 Å². The number of imidazole rings is 1. The maximum atomic E-state index is 10.6. The van der Waals surface area contributed by atoms with Gasteiger partial charge in [-0.3, -0.25) is 10.1 Å². The molecule has 0 aliphatic carbocycles. The van der Waals surface area contributed by atoms with E-state index >= 15 is 0 Å². The van der Waals surface area contributed by atoms with Crippen LogP contribution in [0.25, 0.3) is 0 Å². The number of halogens is 1. The lowest BCUT2D eigenvalue weighted by Gasteiger charge is -2.05. The zero-order valence-corrected chi connectivity index (χ0v) is 11.5. The fraction of sp³-hybridized carbons (Fsp3) is 0.182. The number of nitro groups is 1. The van der Waals surface area contributed by atoms with Gasteiger partial charge in [-0.2, -0.15) is 0 Å². The molecule has 2 rings (SSSR count). The van der Waals surface area contributed by atoms with Crippen molar-refractivity contribution in [2.45, 2.75) is 16.7 Å². The molecule has 2 aromatic rings. The molecule has 0 fully saturated rings. The molecule has 1 aromatic carbocycles. The summed E-state index contributed by atoms with van der Waals surface area (Å²) < 4.78 is 1.74. The van der Waals surface area contributed by atoms with Crippen LogP contribution in [0.15, 0.2) is 34.4 Å². The Bertz CT molecular complexity index is 630. The average molecular weight is 300 g/mol. The Balaban J connectivity index is 2.28. The smallest absolute Gasteiger partial charge is 0.270 e. The number of aliphatic hydroxyl groups is 1. The zero-order valence-electron chi connectivity index (χ0n) is 9.91. The summed E-state index contributed by atoms with van der Waals surface area (Å²) in [6.45, 7) is -0.0992. The maximum absolute atomic E-state index is 10.6. The van der Waals surface area contributed by atoms with Gasteiger partial charge in [0.2, 0.25) is 0 Å². The van der Waals surface area contributed by atoms with E-state index in [4.69, 9.17) is 16.7 Å². The van der Waals surface area contributed by atoms with Gasteiger partial charge in [0.05, 0.1) is 28.4 Å². The van der Waals surface area contributed by atoms with Gasteiger partial charge in [0.1, 0.15) is 0 Å². The van der Waals surface area contributed by atoms with Gasteiger partial charge in [-0.05, 0) is 6.07 Å². The van der Waals surface area contributed by atoms with E-state index in [2.05, 4.69) is 4.98 Å². The number of aliphatic hydroxyl groups excluding tert-OH is 1. The second-order valence-corrected chi connectivity index (χ2v) is 5.14. The molecule has 0 unspecified atom stereocenters. The Morgan fingerprint density at radius 3 is 2.84 bits per heavy atom. The minimum absolute atomic E-state index is 0.0507. The van der Waals surface area contributed by atoms with E-state index in [0.29, 0.717) is 20.8 Å². The molecule has 6 nitrogen and oxygen atoms in total. The fourth-order valence-electron chi connectivity index (χ4n) is 1.45. The molecule has 0 atom stereocenters. The molecule has 0 aliphatic rings. The molecule has 1 aromatic heterocycles. The third-order valence-corrected chi connectivity index (χ3v) is 4.09. The summed E-state index contributed by atoms with van der Waals surface area (Å²) in [5.74, 6) is 0. The number of nitro benzene ring substituents is 1. The Morgan fingerprint density at radius 1 is 1.58 bits per heavy atom. The number of rotatable bonds is 4. The van der Waals surface area contributed by atoms with Crippen molar-refractivity contribution in [1.29, 1.82) is 0 Å². The first-order valence-corrected chi connectivity index (χ1v) is 6.45. The standard InChI is InChI=1S/C11H10ClN3O3S/c1-14-8(6-16)5-13-11(14)19-10-3-2-7(15(17)18)4-9(10)12/h2-5,16H,6H2,1H3. The normalized spacial score (nSPS) is 10.7. The monoisotopic (exact) mass is 299 g/mol. The Hall–Kier alpha value is -1.57. The van der Waals surface area contributed by atoms with Crippen molar-refractivity contribution in [3.05, 3.63) is 45.2 Å². The van der Waals surface area contributed by atoms with Crippen LogP contribution in [-0.2, 0) is 13.7 Å². The molecule has 0 amide bonds. The molecule has 8 heteroatoms. The van der Waals surface area contributed by atoms with Gasteiger partial charge >= 0.3 is 0 Å². The quantitative estimate of drug-likeness (QED) is 0.693. The van der Waals surface area contributed by atoms with Crippen LogP contribution in [0.3, 0.4) is 0 Å². The van der Waals surface area contributed by atoms with E-state index in [1.165, 1.54) is 23.9 Å². The molecule has 19 heavy (non-hydrogen) atoms. The van der Waals surface area contributed by atoms with Crippen molar-refractivity contribution < 1.29 is 10.0 Å². The lowest BCUT2D eigenvalue weighted by molar-refractivity contribution is -0.384. The van der Waals surface area contributed by atoms with Crippen LogP contribution in [0.1, 0.15) is 5.69 Å². The molecular weight excluding hydrogens is 290 g/mol. The summed E-state index contributed by atoms with van der Waals surface area (Å²) in [6.07, 6.45) is 1.57. The summed E-state index contributed by atoms with van der Waals surface area (Å²) in [4.78, 5) is 14.9. The van der Waals surface area contributed by atoms with Gasteiger partial charge in [0.25, 0.3) is 5.69 Å². The zero-order chi connectivity index (χ0) is 14.0. The number of nitrogens with zero attached hydrogens (tertiary/aromatic N) is 3. The van der Waals surface area contributed by atoms with Crippen LogP contribution >= 0.6 is 23.4 Å². The summed E-state index contributed by atoms with van der Waals surface area (Å²) in [6, 6.07) is 4.28. The Labute approximate surface area is 118 Å². The molecular formula is C11H10ClN3O3S. The van der Waals surface area contributed by atoms with Crippen molar-refractivity contribution in [1.82, 2.24) is 9.55 Å². The number of hydrogen-bond acceptors (Lipinski definition) is 5. The van der Waals surface area contributed by atoms with Crippen LogP contribution in [0, 0.1) is 10.1 Å². The fourth-order valence-corrected chi connectivity index (χ4v) is 2.59. The highest BCUT2D eigenvalue weighted by Gasteiger charge is 2.13. The van der Waals surface area contributed by atoms with Gasteiger partial charge < -0.3 is 9.67 Å². The lowest BCUT2D eigenvalue weighted by Crippen LogP contribution is -1.97. The highest BCUT2D eigenvalue weighted by Crippen LogP contribution is 2.34. The minimum atomic E-state index is -0.495. The van der Waals surface area contributed by atoms with Crippen molar-refractivity contribution in [2.75, 3.05) is 0 Å². The van der Waals surface area contributed by atoms with Gasteiger partial charge in [0.15, 0.2) is 5.16 Å². The summed E-state index contributed by atoms with van der Waals surface area (Å²) in [5.41, 5.74) is 0.630. The molecule has 0 spiro atoms. The minimum Gasteiger partial charge on any atom is -0.390 e. The first-order chi connectivity index (χ1) is 9.02. The van der Waals surface area contributed by atoms with Crippen LogP contribution in [-0.4, -0.2) is 19.6 Å². The topological polar surface area (TPSA) is 81.2 Å². The van der Waals surface area contributed by atoms with Crippen molar-refractivity contribution in [2.24, 2.45) is 7.05 Å². The van der Waals surface area contributed by atoms with Gasteiger partial charge in [-0.1, -0.05) is 23.4 Å². The summed E-state index contributed by atoms with van der Waals surface area (Å²) in [5, 5.41) is 20.6. The van der Waals surface area contributed by atoms with Crippen LogP contribution in [0.5, 0.6) is 0 Å². The third-order valence-electron chi connectivity index (χ3n) is 2.53. The first kappa shape index (κ1) is 13.9. The van der Waals surface area contributed by atoms with Crippen molar-refractivity contribution in [3.8, 4) is 0 Å². The van der Waals surface area contributed by atoms with Crippen LogP contribution < -0.4 is 0 Å². The summed E-state index contributed by atoms with van der Waals surface area (Å²) >= 11 is 7.29. The second kappa shape index (κ2) is 5.60. The molecule has 100 valence electrons. The lowest BCUT2D eigenvalue weighted by atomic mass is 10.3. The SMILES string of the molecule is Cn1c(CO)cnc1Sc1ccc([N+](=O)[O-])cc1Cl. The summed E-state index contributed by atoms with van der Waals surface area (Å²) in [7, 11) is 1.78. The molecule has 0 bridgehead atoms. The Morgan fingerprint density at radius 2 is 2.32 bits per heavy atom. The Kier molecular flexibility index (Phi) is 4.08. The average Bonchev–Trinajstić information content (AvgIpc) is 2.72. The second-order valence-electron chi connectivity index (χ2n) is 3.72. The van der Waals surface area contributed by atoms with E-state index < -0.39 is 4.92 Å². The van der Waals surface area contributed by atoms with Gasteiger partial charge in [-0.15, -0.1) is 0 Å². The van der Waals surface area contributed by atoms with E-state index in [1.54, 1.807) is 23.9 Å².